The third-order valence-electron chi connectivity index (χ3n) is 13.1. The summed E-state index contributed by atoms with van der Waals surface area (Å²) in [6.45, 7) is 19.5. The molecule has 5 heterocycles. The topological polar surface area (TPSA) is 57.2 Å². The number of hydrogen-bond donors (Lipinski definition) is 0. The van der Waals surface area contributed by atoms with Crippen LogP contribution in [-0.4, -0.2) is 127 Å². The number of pyridine rings is 2. The first-order chi connectivity index (χ1) is 28.8. The SMILES string of the molecule is CC1(C)OB(c2ccncc2F)OC1(C)C.CN1CCN(CCC2=CCc3c(Br)cccc32)CC1.CN1CCN(CCC2=CCc3c2cccc3-c2ccncc2F)CC1. The van der Waals surface area contributed by atoms with Gasteiger partial charge >= 0.3 is 7.12 Å². The van der Waals surface area contributed by atoms with Gasteiger partial charge in [-0.3, -0.25) is 9.97 Å². The van der Waals surface area contributed by atoms with Crippen LogP contribution in [0.5, 0.6) is 0 Å². The predicted molar refractivity (Wildman–Crippen MR) is 244 cm³/mol. The largest absolute Gasteiger partial charge is 0.497 e. The molecule has 60 heavy (non-hydrogen) atoms. The average Bonchev–Trinajstić information content (AvgIpc) is 3.91. The number of benzene rings is 2. The normalized spacial score (nSPS) is 20.1. The number of allylic oxidation sites excluding steroid dienone is 2. The smallest absolute Gasteiger partial charge is 0.399 e. The molecular formula is C48H60BBrF2N6O2. The van der Waals surface area contributed by atoms with Gasteiger partial charge in [0, 0.05) is 93.3 Å². The van der Waals surface area contributed by atoms with Crippen LogP contribution in [0.4, 0.5) is 8.78 Å². The second kappa shape index (κ2) is 19.6. The minimum atomic E-state index is -0.659. The number of halogens is 3. The molecule has 0 unspecified atom stereocenters. The van der Waals surface area contributed by atoms with E-state index in [9.17, 15) is 8.78 Å². The molecule has 3 aliphatic heterocycles. The van der Waals surface area contributed by atoms with Crippen LogP contribution in [0.1, 0.15) is 62.8 Å². The predicted octanol–water partition coefficient (Wildman–Crippen LogP) is 8.01. The van der Waals surface area contributed by atoms with Gasteiger partial charge in [0.05, 0.1) is 23.6 Å². The number of aromatic nitrogens is 2. The summed E-state index contributed by atoms with van der Waals surface area (Å²) in [5, 5.41) is 0. The van der Waals surface area contributed by atoms with Crippen molar-refractivity contribution in [2.45, 2.75) is 64.6 Å². The Morgan fingerprint density at radius 2 is 1.10 bits per heavy atom. The molecule has 0 N–H and O–H groups in total. The Kier molecular flexibility index (Phi) is 14.5. The van der Waals surface area contributed by atoms with Gasteiger partial charge < -0.3 is 28.9 Å². The molecule has 9 rings (SSSR count). The second-order valence-electron chi connectivity index (χ2n) is 17.6. The van der Waals surface area contributed by atoms with E-state index in [0.29, 0.717) is 11.0 Å². The molecule has 0 amide bonds. The zero-order chi connectivity index (χ0) is 42.4. The summed E-state index contributed by atoms with van der Waals surface area (Å²) in [5.41, 5.74) is 9.57. The average molecular weight is 882 g/mol. The summed E-state index contributed by atoms with van der Waals surface area (Å²) in [6.07, 6.45) is 14.6. The molecule has 2 aliphatic carbocycles. The van der Waals surface area contributed by atoms with Crippen molar-refractivity contribution in [3.05, 3.63) is 124 Å². The summed E-state index contributed by atoms with van der Waals surface area (Å²) in [4.78, 5) is 17.5. The number of nitrogens with zero attached hydrogens (tertiary/aromatic N) is 6. The fourth-order valence-corrected chi connectivity index (χ4v) is 8.94. The molecule has 318 valence electrons. The number of fused-ring (bicyclic) bond motifs is 2. The first kappa shape index (κ1) is 44.4. The van der Waals surface area contributed by atoms with Crippen molar-refractivity contribution in [2.24, 2.45) is 0 Å². The summed E-state index contributed by atoms with van der Waals surface area (Å²) >= 11 is 3.66. The van der Waals surface area contributed by atoms with Crippen LogP contribution in [0.15, 0.2) is 89.9 Å². The van der Waals surface area contributed by atoms with Crippen molar-refractivity contribution in [3.63, 3.8) is 0 Å². The summed E-state index contributed by atoms with van der Waals surface area (Å²) < 4.78 is 40.4. The van der Waals surface area contributed by atoms with E-state index in [1.54, 1.807) is 18.3 Å². The second-order valence-corrected chi connectivity index (χ2v) is 18.4. The monoisotopic (exact) mass is 880 g/mol. The van der Waals surface area contributed by atoms with Crippen molar-refractivity contribution in [3.8, 4) is 11.1 Å². The Bertz CT molecular complexity index is 2150. The Hall–Kier alpha value is -3.62. The minimum Gasteiger partial charge on any atom is -0.399 e. The molecule has 0 atom stereocenters. The maximum Gasteiger partial charge on any atom is 0.497 e. The van der Waals surface area contributed by atoms with E-state index in [-0.39, 0.29) is 5.82 Å². The maximum atomic E-state index is 14.2. The van der Waals surface area contributed by atoms with E-state index in [2.05, 4.69) is 96.0 Å². The third-order valence-corrected chi connectivity index (χ3v) is 13.8. The lowest BCUT2D eigenvalue weighted by atomic mass is 9.79. The first-order valence-corrected chi connectivity index (χ1v) is 22.2. The van der Waals surface area contributed by atoms with Gasteiger partial charge in [-0.1, -0.05) is 58.4 Å². The summed E-state index contributed by atoms with van der Waals surface area (Å²) in [7, 11) is 3.74. The molecule has 2 aromatic heterocycles. The van der Waals surface area contributed by atoms with E-state index in [1.807, 2.05) is 39.8 Å². The molecular weight excluding hydrogens is 821 g/mol. The van der Waals surface area contributed by atoms with Gasteiger partial charge in [-0.25, -0.2) is 8.78 Å². The van der Waals surface area contributed by atoms with E-state index < -0.39 is 24.1 Å². The molecule has 0 bridgehead atoms. The molecule has 3 fully saturated rings. The number of rotatable bonds is 8. The fourth-order valence-electron chi connectivity index (χ4n) is 8.41. The Morgan fingerprint density at radius 1 is 0.617 bits per heavy atom. The van der Waals surface area contributed by atoms with Crippen LogP contribution in [0.2, 0.25) is 0 Å². The van der Waals surface area contributed by atoms with Crippen LogP contribution in [0.3, 0.4) is 0 Å². The quantitative estimate of drug-likeness (QED) is 0.165. The van der Waals surface area contributed by atoms with Crippen molar-refractivity contribution in [2.75, 3.05) is 79.5 Å². The standard InChI is InChI=1S/C21H24FN3.C16H21BrN2.C11H15BFNO2/c1-24-11-13-25(14-12-24)10-8-16-5-6-19-17(16)3-2-4-18(19)20-7-9-23-15-21(20)22;1-18-9-11-19(12-10-18)8-7-13-5-6-15-14(13)3-2-4-16(15)17;1-10(2)11(3,4)16-12(15-10)8-5-6-14-7-9(8)13/h2-5,7,9,15H,6,8,10-14H2,1H3;2-5H,6-12H2,1H3;5-7H,1-4H3. The Balaban J connectivity index is 0.000000140. The minimum absolute atomic E-state index is 0.248. The van der Waals surface area contributed by atoms with Crippen LogP contribution < -0.4 is 5.46 Å². The van der Waals surface area contributed by atoms with Crippen LogP contribution >= 0.6 is 15.9 Å². The van der Waals surface area contributed by atoms with E-state index in [0.717, 1.165) is 57.5 Å². The van der Waals surface area contributed by atoms with Gasteiger partial charge in [0.15, 0.2) is 0 Å². The number of likely N-dealkylation sites (N-methyl/N-ethyl adjacent to an activating group) is 2. The summed E-state index contributed by atoms with van der Waals surface area (Å²) in [6, 6.07) is 16.2. The lowest BCUT2D eigenvalue weighted by molar-refractivity contribution is 0.00578. The van der Waals surface area contributed by atoms with Crippen LogP contribution in [0, 0.1) is 11.6 Å². The molecule has 4 aromatic rings. The fraction of sp³-hybridized carbons (Fsp3) is 0.458. The highest BCUT2D eigenvalue weighted by molar-refractivity contribution is 9.10. The van der Waals surface area contributed by atoms with Gasteiger partial charge in [0.2, 0.25) is 0 Å². The molecule has 2 aromatic carbocycles. The lowest BCUT2D eigenvalue weighted by Gasteiger charge is -2.32. The Labute approximate surface area is 364 Å². The highest BCUT2D eigenvalue weighted by Crippen LogP contribution is 2.39. The van der Waals surface area contributed by atoms with Crippen LogP contribution in [-0.2, 0) is 22.2 Å². The zero-order valence-corrected chi connectivity index (χ0v) is 37.8. The van der Waals surface area contributed by atoms with Crippen LogP contribution in [0.25, 0.3) is 22.3 Å². The van der Waals surface area contributed by atoms with Gasteiger partial charge in [-0.05, 0) is 125 Å². The maximum absolute atomic E-state index is 14.2. The number of hydrogen-bond acceptors (Lipinski definition) is 8. The highest BCUT2D eigenvalue weighted by Gasteiger charge is 2.52. The lowest BCUT2D eigenvalue weighted by Crippen LogP contribution is -2.44. The van der Waals surface area contributed by atoms with Crippen molar-refractivity contribution < 1.29 is 18.1 Å². The van der Waals surface area contributed by atoms with Gasteiger partial charge in [-0.2, -0.15) is 0 Å². The third kappa shape index (κ3) is 10.5. The first-order valence-electron chi connectivity index (χ1n) is 21.4. The molecule has 5 aliphatic rings. The highest BCUT2D eigenvalue weighted by atomic mass is 79.9. The summed E-state index contributed by atoms with van der Waals surface area (Å²) in [5.74, 6) is -0.650. The van der Waals surface area contributed by atoms with E-state index >= 15 is 0 Å². The molecule has 8 nitrogen and oxygen atoms in total. The Morgan fingerprint density at radius 3 is 1.65 bits per heavy atom. The molecule has 3 saturated heterocycles. The van der Waals surface area contributed by atoms with Crippen molar-refractivity contribution in [1.82, 2.24) is 29.6 Å². The zero-order valence-electron chi connectivity index (χ0n) is 36.2. The van der Waals surface area contributed by atoms with E-state index in [1.165, 1.54) is 95.6 Å². The van der Waals surface area contributed by atoms with E-state index in [4.69, 9.17) is 9.31 Å². The molecule has 0 saturated carbocycles. The molecule has 0 spiro atoms. The van der Waals surface area contributed by atoms with Gasteiger partial charge in [-0.15, -0.1) is 0 Å². The molecule has 0 radical (unpaired) electrons. The number of piperazine rings is 2. The molecule has 12 heteroatoms. The van der Waals surface area contributed by atoms with Gasteiger partial charge in [0.25, 0.3) is 0 Å². The van der Waals surface area contributed by atoms with Crippen molar-refractivity contribution >= 4 is 39.7 Å². The van der Waals surface area contributed by atoms with Gasteiger partial charge in [0.1, 0.15) is 11.6 Å². The van der Waals surface area contributed by atoms with Crippen molar-refractivity contribution in [1.29, 1.82) is 0 Å².